The Balaban J connectivity index is 1.57. The van der Waals surface area contributed by atoms with E-state index in [0.29, 0.717) is 16.6 Å². The zero-order valence-electron chi connectivity index (χ0n) is 17.8. The predicted molar refractivity (Wildman–Crippen MR) is 121 cm³/mol. The van der Waals surface area contributed by atoms with Crippen LogP contribution in [0.4, 0.5) is 5.82 Å². The first-order valence-corrected chi connectivity index (χ1v) is 9.89. The molecular formula is C23H19N5O5. The lowest BCUT2D eigenvalue weighted by molar-refractivity contribution is -0.119. The molecule has 4 rings (SSSR count). The minimum absolute atomic E-state index is 0.00140. The Kier molecular flexibility index (Phi) is 5.81. The molecule has 3 aromatic heterocycles. The van der Waals surface area contributed by atoms with Gasteiger partial charge in [0.2, 0.25) is 0 Å². The molecule has 0 fully saturated rings. The van der Waals surface area contributed by atoms with Gasteiger partial charge in [0.25, 0.3) is 11.5 Å². The molecule has 0 atom stereocenters. The fourth-order valence-electron chi connectivity index (χ4n) is 3.26. The number of esters is 1. The van der Waals surface area contributed by atoms with Crippen molar-refractivity contribution < 1.29 is 14.3 Å². The summed E-state index contributed by atoms with van der Waals surface area (Å²) in [5.41, 5.74) is 1.01. The number of hydrogen-bond donors (Lipinski definition) is 1. The van der Waals surface area contributed by atoms with E-state index in [-0.39, 0.29) is 11.4 Å². The van der Waals surface area contributed by atoms with Gasteiger partial charge in [0.1, 0.15) is 5.82 Å². The van der Waals surface area contributed by atoms with Crippen LogP contribution in [0.2, 0.25) is 0 Å². The van der Waals surface area contributed by atoms with Crippen LogP contribution < -0.4 is 16.6 Å². The fourth-order valence-corrected chi connectivity index (χ4v) is 3.26. The summed E-state index contributed by atoms with van der Waals surface area (Å²) in [6.45, 7) is -0.608. The topological polar surface area (TPSA) is 125 Å². The summed E-state index contributed by atoms with van der Waals surface area (Å²) in [6.07, 6.45) is 3.25. The van der Waals surface area contributed by atoms with E-state index in [9.17, 15) is 19.2 Å². The molecule has 0 bridgehead atoms. The summed E-state index contributed by atoms with van der Waals surface area (Å²) in [5.74, 6) is -1.41. The van der Waals surface area contributed by atoms with E-state index < -0.39 is 29.7 Å². The Morgan fingerprint density at radius 1 is 1.00 bits per heavy atom. The van der Waals surface area contributed by atoms with E-state index in [4.69, 9.17) is 4.74 Å². The van der Waals surface area contributed by atoms with E-state index in [1.807, 2.05) is 6.07 Å². The summed E-state index contributed by atoms with van der Waals surface area (Å²) in [7, 11) is 2.74. The number of para-hydroxylation sites is 1. The molecule has 1 aromatic carbocycles. The molecule has 0 saturated heterocycles. The Labute approximate surface area is 187 Å². The van der Waals surface area contributed by atoms with Gasteiger partial charge in [-0.3, -0.25) is 23.7 Å². The summed E-state index contributed by atoms with van der Waals surface area (Å²) in [6, 6.07) is 13.4. The second-order valence-electron chi connectivity index (χ2n) is 7.20. The van der Waals surface area contributed by atoms with Crippen LogP contribution in [-0.2, 0) is 23.6 Å². The van der Waals surface area contributed by atoms with Crippen LogP contribution in [0.1, 0.15) is 10.4 Å². The number of fused-ring (bicyclic) bond motifs is 1. The van der Waals surface area contributed by atoms with Crippen molar-refractivity contribution in [2.24, 2.45) is 14.1 Å². The molecule has 10 nitrogen and oxygen atoms in total. The van der Waals surface area contributed by atoms with Gasteiger partial charge >= 0.3 is 11.7 Å². The first kappa shape index (κ1) is 21.6. The van der Waals surface area contributed by atoms with E-state index >= 15 is 0 Å². The summed E-state index contributed by atoms with van der Waals surface area (Å²) < 4.78 is 7.24. The molecule has 0 aliphatic heterocycles. The van der Waals surface area contributed by atoms with Gasteiger partial charge in [-0.25, -0.2) is 14.6 Å². The number of benzene rings is 1. The van der Waals surface area contributed by atoms with Gasteiger partial charge in [-0.2, -0.15) is 0 Å². The summed E-state index contributed by atoms with van der Waals surface area (Å²) >= 11 is 0. The normalized spacial score (nSPS) is 10.7. The molecule has 0 spiro atoms. The number of ether oxygens (including phenoxy) is 1. The first-order chi connectivity index (χ1) is 15.8. The van der Waals surface area contributed by atoms with Crippen LogP contribution in [0.5, 0.6) is 0 Å². The third-order valence-electron chi connectivity index (χ3n) is 5.04. The molecule has 0 radical (unpaired) electrons. The molecule has 4 aromatic rings. The molecule has 1 N–H and O–H groups in total. The Morgan fingerprint density at radius 2 is 1.73 bits per heavy atom. The Morgan fingerprint density at radius 3 is 2.48 bits per heavy atom. The number of pyridine rings is 2. The predicted octanol–water partition coefficient (Wildman–Crippen LogP) is 1.49. The fraction of sp³-hybridized carbons (Fsp3) is 0.130. The molecule has 0 aliphatic carbocycles. The van der Waals surface area contributed by atoms with Crippen molar-refractivity contribution in [1.29, 1.82) is 0 Å². The number of carbonyl (C=O) groups excluding carboxylic acids is 2. The van der Waals surface area contributed by atoms with Gasteiger partial charge in [0, 0.05) is 43.5 Å². The van der Waals surface area contributed by atoms with Gasteiger partial charge in [-0.1, -0.05) is 18.2 Å². The van der Waals surface area contributed by atoms with Gasteiger partial charge in [-0.15, -0.1) is 0 Å². The highest BCUT2D eigenvalue weighted by Crippen LogP contribution is 2.25. The average Bonchev–Trinajstić information content (AvgIpc) is 2.84. The van der Waals surface area contributed by atoms with E-state index in [1.54, 1.807) is 48.8 Å². The lowest BCUT2D eigenvalue weighted by Crippen LogP contribution is -2.38. The highest BCUT2D eigenvalue weighted by Gasteiger charge is 2.17. The minimum Gasteiger partial charge on any atom is -0.452 e. The molecule has 0 aliphatic rings. The van der Waals surface area contributed by atoms with Crippen molar-refractivity contribution >= 4 is 28.6 Å². The van der Waals surface area contributed by atoms with Gasteiger partial charge in [0.05, 0.1) is 16.8 Å². The summed E-state index contributed by atoms with van der Waals surface area (Å²) in [5, 5.41) is 2.99. The van der Waals surface area contributed by atoms with Crippen molar-refractivity contribution in [3.63, 3.8) is 0 Å². The quantitative estimate of drug-likeness (QED) is 0.461. The van der Waals surface area contributed by atoms with Crippen LogP contribution in [0.3, 0.4) is 0 Å². The SMILES string of the molecule is Cn1c(NC(=O)COC(=O)c2cc(-c3ccncc3)nc3ccccc23)cc(=O)n(C)c1=O. The second kappa shape index (κ2) is 8.87. The van der Waals surface area contributed by atoms with Crippen LogP contribution in [0, 0.1) is 0 Å². The molecular weight excluding hydrogens is 426 g/mol. The number of rotatable bonds is 5. The third-order valence-corrected chi connectivity index (χ3v) is 5.04. The average molecular weight is 445 g/mol. The number of anilines is 1. The molecule has 1 amide bonds. The van der Waals surface area contributed by atoms with E-state index in [2.05, 4.69) is 15.3 Å². The van der Waals surface area contributed by atoms with Crippen molar-refractivity contribution in [3.8, 4) is 11.3 Å². The molecule has 0 unspecified atom stereocenters. The van der Waals surface area contributed by atoms with Gasteiger partial charge in [0.15, 0.2) is 6.61 Å². The van der Waals surface area contributed by atoms with E-state index in [0.717, 1.165) is 20.8 Å². The lowest BCUT2D eigenvalue weighted by atomic mass is 10.0. The number of aromatic nitrogens is 4. The van der Waals surface area contributed by atoms with Crippen LogP contribution >= 0.6 is 0 Å². The Hall–Kier alpha value is -4.60. The second-order valence-corrected chi connectivity index (χ2v) is 7.20. The zero-order chi connectivity index (χ0) is 23.5. The van der Waals surface area contributed by atoms with Crippen molar-refractivity contribution in [1.82, 2.24) is 19.1 Å². The zero-order valence-corrected chi connectivity index (χ0v) is 17.8. The highest BCUT2D eigenvalue weighted by atomic mass is 16.5. The van der Waals surface area contributed by atoms with Gasteiger partial charge in [-0.05, 0) is 24.3 Å². The van der Waals surface area contributed by atoms with Crippen molar-refractivity contribution in [3.05, 3.63) is 87.3 Å². The Bertz CT molecular complexity index is 1490. The standard InChI is InChI=1S/C23H19N5O5/c1-27-19(12-21(30)28(2)23(27)32)26-20(29)13-33-22(31)16-11-18(14-7-9-24-10-8-14)25-17-6-4-3-5-15(16)17/h3-12H,13H2,1-2H3,(H,26,29). The number of carbonyl (C=O) groups is 2. The molecule has 0 saturated carbocycles. The first-order valence-electron chi connectivity index (χ1n) is 9.89. The lowest BCUT2D eigenvalue weighted by Gasteiger charge is -2.12. The van der Waals surface area contributed by atoms with E-state index in [1.165, 1.54) is 14.1 Å². The van der Waals surface area contributed by atoms with Crippen molar-refractivity contribution in [2.75, 3.05) is 11.9 Å². The van der Waals surface area contributed by atoms with Crippen LogP contribution in [-0.4, -0.2) is 37.6 Å². The van der Waals surface area contributed by atoms with Crippen LogP contribution in [0.25, 0.3) is 22.2 Å². The third kappa shape index (κ3) is 4.40. The number of nitrogens with one attached hydrogen (secondary N) is 1. The number of amides is 1. The molecule has 10 heteroatoms. The maximum absolute atomic E-state index is 12.9. The van der Waals surface area contributed by atoms with Crippen molar-refractivity contribution in [2.45, 2.75) is 0 Å². The smallest absolute Gasteiger partial charge is 0.339 e. The highest BCUT2D eigenvalue weighted by molar-refractivity contribution is 6.05. The molecule has 166 valence electrons. The number of nitrogens with zero attached hydrogens (tertiary/aromatic N) is 4. The van der Waals surface area contributed by atoms with Crippen LogP contribution in [0.15, 0.2) is 70.5 Å². The monoisotopic (exact) mass is 445 g/mol. The van der Waals surface area contributed by atoms with Gasteiger partial charge < -0.3 is 10.1 Å². The maximum atomic E-state index is 12.9. The maximum Gasteiger partial charge on any atom is 0.339 e. The largest absolute Gasteiger partial charge is 0.452 e. The molecule has 33 heavy (non-hydrogen) atoms. The number of hydrogen-bond acceptors (Lipinski definition) is 7. The minimum atomic E-state index is -0.711. The summed E-state index contributed by atoms with van der Waals surface area (Å²) in [4.78, 5) is 57.6. The molecule has 3 heterocycles.